The Morgan fingerprint density at radius 3 is 2.19 bits per heavy atom. The van der Waals surface area contributed by atoms with E-state index in [0.29, 0.717) is 6.54 Å². The van der Waals surface area contributed by atoms with Crippen LogP contribution in [0.25, 0.3) is 5.69 Å². The van der Waals surface area contributed by atoms with Crippen molar-refractivity contribution in [1.82, 2.24) is 19.8 Å². The zero-order valence-electron chi connectivity index (χ0n) is 20.9. The summed E-state index contributed by atoms with van der Waals surface area (Å²) in [6.07, 6.45) is 1.84. The standard InChI is InChI=1S/C29H30N4O2S/c1-19-17-25(20(2)33(19)22-10-14-24(35-4)15-11-22)28-27(26-7-5-6-16-30-26)31-29(36)32(28)18-21-8-12-23(34-3)13-9-21/h5-17,27-28H,18H2,1-4H3,(H,31,36)/t27-,28+/m0/s1. The lowest BCUT2D eigenvalue weighted by Crippen LogP contribution is -2.29. The Labute approximate surface area is 217 Å². The molecule has 0 amide bonds. The quantitative estimate of drug-likeness (QED) is 0.331. The van der Waals surface area contributed by atoms with E-state index in [2.05, 4.69) is 70.0 Å². The van der Waals surface area contributed by atoms with Crippen molar-refractivity contribution in [1.29, 1.82) is 0 Å². The molecule has 6 nitrogen and oxygen atoms in total. The Morgan fingerprint density at radius 1 is 0.917 bits per heavy atom. The Kier molecular flexibility index (Phi) is 6.65. The van der Waals surface area contributed by atoms with Crippen LogP contribution in [0.5, 0.6) is 11.5 Å². The van der Waals surface area contributed by atoms with Gasteiger partial charge in [0.25, 0.3) is 0 Å². The highest BCUT2D eigenvalue weighted by atomic mass is 32.1. The number of benzene rings is 2. The average Bonchev–Trinajstić information content (AvgIpc) is 3.39. The van der Waals surface area contributed by atoms with Crippen molar-refractivity contribution in [2.24, 2.45) is 0 Å². The number of methoxy groups -OCH3 is 2. The lowest BCUT2D eigenvalue weighted by Gasteiger charge is -2.28. The molecule has 2 atom stereocenters. The number of thiocarbonyl (C=S) groups is 1. The third-order valence-corrected chi connectivity index (χ3v) is 7.18. The summed E-state index contributed by atoms with van der Waals surface area (Å²) >= 11 is 5.89. The fourth-order valence-electron chi connectivity index (χ4n) is 5.06. The summed E-state index contributed by atoms with van der Waals surface area (Å²) in [4.78, 5) is 6.96. The van der Waals surface area contributed by atoms with Gasteiger partial charge in [0, 0.05) is 29.8 Å². The monoisotopic (exact) mass is 498 g/mol. The molecule has 184 valence electrons. The number of aromatic nitrogens is 2. The molecular formula is C29H30N4O2S. The Morgan fingerprint density at radius 2 is 1.58 bits per heavy atom. The first-order valence-corrected chi connectivity index (χ1v) is 12.3. The van der Waals surface area contributed by atoms with E-state index in [0.717, 1.165) is 39.3 Å². The normalized spacial score (nSPS) is 17.2. The molecule has 1 saturated heterocycles. The smallest absolute Gasteiger partial charge is 0.170 e. The van der Waals surface area contributed by atoms with Gasteiger partial charge in [-0.05, 0) is 91.8 Å². The molecule has 0 bridgehead atoms. The van der Waals surface area contributed by atoms with Crippen molar-refractivity contribution in [3.05, 3.63) is 107 Å². The van der Waals surface area contributed by atoms with Crippen LogP contribution in [0.2, 0.25) is 0 Å². The first-order chi connectivity index (χ1) is 17.5. The Balaban J connectivity index is 1.58. The number of hydrogen-bond acceptors (Lipinski definition) is 4. The van der Waals surface area contributed by atoms with Gasteiger partial charge in [0.05, 0.1) is 32.0 Å². The molecule has 3 heterocycles. The summed E-state index contributed by atoms with van der Waals surface area (Å²) < 4.78 is 13.0. The van der Waals surface area contributed by atoms with Crippen LogP contribution in [0, 0.1) is 13.8 Å². The third-order valence-electron chi connectivity index (χ3n) is 6.83. The highest BCUT2D eigenvalue weighted by Crippen LogP contribution is 2.42. The van der Waals surface area contributed by atoms with Gasteiger partial charge in [-0.25, -0.2) is 0 Å². The van der Waals surface area contributed by atoms with Gasteiger partial charge in [0.2, 0.25) is 0 Å². The second-order valence-corrected chi connectivity index (χ2v) is 9.35. The van der Waals surface area contributed by atoms with Crippen molar-refractivity contribution >= 4 is 17.3 Å². The van der Waals surface area contributed by atoms with Crippen molar-refractivity contribution < 1.29 is 9.47 Å². The summed E-state index contributed by atoms with van der Waals surface area (Å²) in [6, 6.07) is 24.5. The molecule has 0 unspecified atom stereocenters. The summed E-state index contributed by atoms with van der Waals surface area (Å²) in [5.74, 6) is 1.68. The minimum absolute atomic E-state index is 0.0206. The maximum absolute atomic E-state index is 5.89. The molecular weight excluding hydrogens is 468 g/mol. The van der Waals surface area contributed by atoms with Gasteiger partial charge in [-0.2, -0.15) is 0 Å². The second-order valence-electron chi connectivity index (χ2n) is 8.96. The van der Waals surface area contributed by atoms with Crippen LogP contribution in [0.3, 0.4) is 0 Å². The van der Waals surface area contributed by atoms with Crippen molar-refractivity contribution in [3.63, 3.8) is 0 Å². The van der Waals surface area contributed by atoms with Crippen LogP contribution in [0.1, 0.15) is 40.3 Å². The molecule has 2 aromatic carbocycles. The summed E-state index contributed by atoms with van der Waals surface area (Å²) in [6.45, 7) is 5.00. The zero-order valence-corrected chi connectivity index (χ0v) is 21.8. The highest BCUT2D eigenvalue weighted by Gasteiger charge is 2.41. The number of hydrogen-bond donors (Lipinski definition) is 1. The third kappa shape index (κ3) is 4.42. The minimum Gasteiger partial charge on any atom is -0.497 e. The average molecular weight is 499 g/mol. The Hall–Kier alpha value is -3.84. The van der Waals surface area contributed by atoms with E-state index < -0.39 is 0 Å². The van der Waals surface area contributed by atoms with E-state index in [-0.39, 0.29) is 12.1 Å². The summed E-state index contributed by atoms with van der Waals surface area (Å²) in [5.41, 5.74) is 6.79. The number of nitrogens with zero attached hydrogens (tertiary/aromatic N) is 3. The lowest BCUT2D eigenvalue weighted by molar-refractivity contribution is 0.310. The van der Waals surface area contributed by atoms with Gasteiger partial charge in [-0.1, -0.05) is 18.2 Å². The second kappa shape index (κ2) is 10.0. The molecule has 1 aliphatic heterocycles. The van der Waals surface area contributed by atoms with Crippen molar-refractivity contribution in [2.45, 2.75) is 32.5 Å². The fourth-order valence-corrected chi connectivity index (χ4v) is 5.36. The van der Waals surface area contributed by atoms with E-state index >= 15 is 0 Å². The maximum Gasteiger partial charge on any atom is 0.170 e. The molecule has 1 fully saturated rings. The van der Waals surface area contributed by atoms with Gasteiger partial charge < -0.3 is 24.3 Å². The van der Waals surface area contributed by atoms with Crippen LogP contribution in [-0.4, -0.2) is 33.8 Å². The zero-order chi connectivity index (χ0) is 25.2. The van der Waals surface area contributed by atoms with E-state index in [9.17, 15) is 0 Å². The molecule has 0 radical (unpaired) electrons. The van der Waals surface area contributed by atoms with E-state index in [4.69, 9.17) is 21.7 Å². The van der Waals surface area contributed by atoms with Crippen LogP contribution >= 0.6 is 12.2 Å². The molecule has 1 aliphatic rings. The van der Waals surface area contributed by atoms with Gasteiger partial charge in [0.15, 0.2) is 5.11 Å². The van der Waals surface area contributed by atoms with Crippen LogP contribution < -0.4 is 14.8 Å². The number of nitrogens with one attached hydrogen (secondary N) is 1. The topological polar surface area (TPSA) is 51.5 Å². The van der Waals surface area contributed by atoms with E-state index in [1.54, 1.807) is 14.2 Å². The molecule has 7 heteroatoms. The Bertz CT molecular complexity index is 1350. The number of rotatable bonds is 7. The van der Waals surface area contributed by atoms with Gasteiger partial charge in [0.1, 0.15) is 11.5 Å². The van der Waals surface area contributed by atoms with Gasteiger partial charge >= 0.3 is 0 Å². The molecule has 2 aromatic heterocycles. The molecule has 36 heavy (non-hydrogen) atoms. The molecule has 0 spiro atoms. The lowest BCUT2D eigenvalue weighted by atomic mass is 9.96. The molecule has 4 aromatic rings. The molecule has 0 saturated carbocycles. The van der Waals surface area contributed by atoms with E-state index in [1.165, 1.54) is 11.3 Å². The van der Waals surface area contributed by atoms with Crippen LogP contribution in [0.4, 0.5) is 0 Å². The largest absolute Gasteiger partial charge is 0.497 e. The molecule has 0 aliphatic carbocycles. The number of aryl methyl sites for hydroxylation is 1. The SMILES string of the molecule is COc1ccc(CN2C(=S)N[C@@H](c3ccccn3)[C@H]2c2cc(C)n(-c3ccc(OC)cc3)c2C)cc1. The maximum atomic E-state index is 5.89. The number of pyridine rings is 1. The number of ether oxygens (including phenoxy) is 2. The highest BCUT2D eigenvalue weighted by molar-refractivity contribution is 7.80. The first-order valence-electron chi connectivity index (χ1n) is 11.9. The molecule has 5 rings (SSSR count). The summed E-state index contributed by atoms with van der Waals surface area (Å²) in [7, 11) is 3.37. The van der Waals surface area contributed by atoms with Crippen LogP contribution in [-0.2, 0) is 6.54 Å². The van der Waals surface area contributed by atoms with E-state index in [1.807, 2.05) is 42.6 Å². The van der Waals surface area contributed by atoms with Gasteiger partial charge in [-0.15, -0.1) is 0 Å². The van der Waals surface area contributed by atoms with Crippen LogP contribution in [0.15, 0.2) is 79.0 Å². The van der Waals surface area contributed by atoms with Crippen molar-refractivity contribution in [3.8, 4) is 17.2 Å². The minimum atomic E-state index is -0.0678. The summed E-state index contributed by atoms with van der Waals surface area (Å²) in [5, 5.41) is 4.29. The fraction of sp³-hybridized carbons (Fsp3) is 0.241. The van der Waals surface area contributed by atoms with Gasteiger partial charge in [-0.3, -0.25) is 4.98 Å². The predicted octanol–water partition coefficient (Wildman–Crippen LogP) is 5.68. The van der Waals surface area contributed by atoms with Crippen molar-refractivity contribution in [2.75, 3.05) is 14.2 Å². The first kappa shape index (κ1) is 23.9. The predicted molar refractivity (Wildman–Crippen MR) is 146 cm³/mol. The molecule has 1 N–H and O–H groups in total.